The Morgan fingerprint density at radius 2 is 2.24 bits per heavy atom. The van der Waals surface area contributed by atoms with Crippen LogP contribution < -0.4 is 0 Å². The van der Waals surface area contributed by atoms with Crippen molar-refractivity contribution in [3.63, 3.8) is 0 Å². The van der Waals surface area contributed by atoms with E-state index in [-0.39, 0.29) is 11.8 Å². The summed E-state index contributed by atoms with van der Waals surface area (Å²) in [6.45, 7) is 4.30. The number of rotatable bonds is 3. The Bertz CT molecular complexity index is 397. The average molecular weight is 252 g/mol. The Balaban J connectivity index is 2.21. The number of aliphatic carboxylic acids is 1. The molecule has 1 aliphatic rings. The summed E-state index contributed by atoms with van der Waals surface area (Å²) in [7, 11) is 0. The van der Waals surface area contributed by atoms with Crippen LogP contribution in [-0.2, 0) is 4.79 Å². The molecule has 94 valence electrons. The molecule has 3 heteroatoms. The van der Waals surface area contributed by atoms with Crippen LogP contribution in [0.2, 0.25) is 0 Å². The molecule has 1 fully saturated rings. The molecule has 0 amide bonds. The highest BCUT2D eigenvalue weighted by Crippen LogP contribution is 2.43. The second kappa shape index (κ2) is 5.21. The zero-order valence-electron chi connectivity index (χ0n) is 10.5. The lowest BCUT2D eigenvalue weighted by atomic mass is 9.72. The van der Waals surface area contributed by atoms with Gasteiger partial charge in [-0.1, -0.05) is 13.3 Å². The summed E-state index contributed by atoms with van der Waals surface area (Å²) in [5, 5.41) is 9.34. The molecule has 3 unspecified atom stereocenters. The van der Waals surface area contributed by atoms with E-state index < -0.39 is 5.97 Å². The van der Waals surface area contributed by atoms with Gasteiger partial charge in [0.1, 0.15) is 0 Å². The maximum absolute atomic E-state index is 11.3. The van der Waals surface area contributed by atoms with Crippen molar-refractivity contribution in [2.45, 2.75) is 45.4 Å². The van der Waals surface area contributed by atoms with Crippen LogP contribution in [0.4, 0.5) is 0 Å². The Labute approximate surface area is 107 Å². The van der Waals surface area contributed by atoms with Crippen molar-refractivity contribution in [1.82, 2.24) is 0 Å². The van der Waals surface area contributed by atoms with E-state index >= 15 is 0 Å². The number of carbonyl (C=O) groups is 1. The largest absolute Gasteiger partial charge is 0.481 e. The predicted octanol–water partition coefficient (Wildman–Crippen LogP) is 4.05. The summed E-state index contributed by atoms with van der Waals surface area (Å²) in [5.41, 5.74) is 0. The molecule has 0 spiro atoms. The minimum absolute atomic E-state index is 0.171. The molecule has 2 rings (SSSR count). The molecule has 17 heavy (non-hydrogen) atoms. The van der Waals surface area contributed by atoms with Gasteiger partial charge >= 0.3 is 5.97 Å². The van der Waals surface area contributed by atoms with E-state index in [1.54, 1.807) is 11.3 Å². The number of thiophene rings is 1. The molecule has 0 aromatic carbocycles. The van der Waals surface area contributed by atoms with Crippen molar-refractivity contribution in [3.05, 3.63) is 21.9 Å². The fourth-order valence-corrected chi connectivity index (χ4v) is 3.95. The summed E-state index contributed by atoms with van der Waals surface area (Å²) in [6, 6.07) is 4.23. The molecular weight excluding hydrogens is 232 g/mol. The van der Waals surface area contributed by atoms with Crippen molar-refractivity contribution in [2.24, 2.45) is 11.8 Å². The molecule has 2 nitrogen and oxygen atoms in total. The van der Waals surface area contributed by atoms with Gasteiger partial charge in [-0.3, -0.25) is 4.79 Å². The fourth-order valence-electron chi connectivity index (χ4n) is 2.89. The molecule has 3 atom stereocenters. The zero-order valence-corrected chi connectivity index (χ0v) is 11.3. The van der Waals surface area contributed by atoms with E-state index in [1.165, 1.54) is 16.2 Å². The lowest BCUT2D eigenvalue weighted by Crippen LogP contribution is -2.28. The Kier molecular flexibility index (Phi) is 3.87. The summed E-state index contributed by atoms with van der Waals surface area (Å²) in [6.07, 6.45) is 4.14. The predicted molar refractivity (Wildman–Crippen MR) is 70.6 cm³/mol. The number of hydrogen-bond donors (Lipinski definition) is 1. The Morgan fingerprint density at radius 1 is 1.47 bits per heavy atom. The maximum Gasteiger partial charge on any atom is 0.307 e. The topological polar surface area (TPSA) is 37.3 Å². The summed E-state index contributed by atoms with van der Waals surface area (Å²) in [5.74, 6) is 0.161. The van der Waals surface area contributed by atoms with E-state index in [4.69, 9.17) is 0 Å². The van der Waals surface area contributed by atoms with Crippen LogP contribution in [0.25, 0.3) is 0 Å². The third-order valence-electron chi connectivity index (χ3n) is 3.98. The van der Waals surface area contributed by atoms with Gasteiger partial charge < -0.3 is 5.11 Å². The first-order valence-electron chi connectivity index (χ1n) is 6.41. The van der Waals surface area contributed by atoms with Crippen LogP contribution in [0, 0.1) is 18.8 Å². The first-order valence-corrected chi connectivity index (χ1v) is 7.22. The third-order valence-corrected chi connectivity index (χ3v) is 5.11. The fraction of sp³-hybridized carbons (Fsp3) is 0.643. The first kappa shape index (κ1) is 12.6. The molecule has 1 aromatic heterocycles. The normalized spacial score (nSPS) is 29.2. The molecule has 0 radical (unpaired) electrons. The second-order valence-corrected chi connectivity index (χ2v) is 6.41. The van der Waals surface area contributed by atoms with Crippen LogP contribution in [0.1, 0.15) is 48.3 Å². The van der Waals surface area contributed by atoms with Crippen LogP contribution in [0.15, 0.2) is 12.1 Å². The summed E-state index contributed by atoms with van der Waals surface area (Å²) >= 11 is 1.76. The molecule has 1 aromatic rings. The minimum atomic E-state index is -0.615. The van der Waals surface area contributed by atoms with Gasteiger partial charge in [0.05, 0.1) is 5.92 Å². The van der Waals surface area contributed by atoms with Crippen LogP contribution in [0.5, 0.6) is 0 Å². The molecule has 0 aliphatic heterocycles. The van der Waals surface area contributed by atoms with Gasteiger partial charge in [-0.2, -0.15) is 0 Å². The Morgan fingerprint density at radius 3 is 2.76 bits per heavy atom. The van der Waals surface area contributed by atoms with Gasteiger partial charge in [-0.15, -0.1) is 11.3 Å². The third kappa shape index (κ3) is 2.71. The summed E-state index contributed by atoms with van der Waals surface area (Å²) in [4.78, 5) is 13.9. The van der Waals surface area contributed by atoms with E-state index in [1.807, 2.05) is 0 Å². The van der Waals surface area contributed by atoms with Gasteiger partial charge in [0.25, 0.3) is 0 Å². The van der Waals surface area contributed by atoms with Gasteiger partial charge in [-0.25, -0.2) is 0 Å². The van der Waals surface area contributed by atoms with Crippen molar-refractivity contribution in [1.29, 1.82) is 0 Å². The highest BCUT2D eigenvalue weighted by Gasteiger charge is 2.35. The monoisotopic (exact) mass is 252 g/mol. The van der Waals surface area contributed by atoms with Gasteiger partial charge in [0.15, 0.2) is 0 Å². The Hall–Kier alpha value is -0.830. The molecule has 1 heterocycles. The summed E-state index contributed by atoms with van der Waals surface area (Å²) < 4.78 is 0. The second-order valence-electron chi connectivity index (χ2n) is 5.09. The van der Waals surface area contributed by atoms with E-state index in [0.717, 1.165) is 19.3 Å². The standard InChI is InChI=1S/C14H20O2S/c1-3-10-5-6-11(14(15)16)12(8-10)13-7-4-9(2)17-13/h4,7,10-12H,3,5-6,8H2,1-2H3,(H,15,16). The SMILES string of the molecule is CCC1CCC(C(=O)O)C(c2ccc(C)s2)C1. The highest BCUT2D eigenvalue weighted by atomic mass is 32.1. The smallest absolute Gasteiger partial charge is 0.307 e. The molecule has 1 N–H and O–H groups in total. The highest BCUT2D eigenvalue weighted by molar-refractivity contribution is 7.12. The van der Waals surface area contributed by atoms with Crippen LogP contribution >= 0.6 is 11.3 Å². The molecular formula is C14H20O2S. The minimum Gasteiger partial charge on any atom is -0.481 e. The van der Waals surface area contributed by atoms with E-state index in [9.17, 15) is 9.90 Å². The van der Waals surface area contributed by atoms with Gasteiger partial charge in [0, 0.05) is 15.7 Å². The molecule has 0 bridgehead atoms. The number of carboxylic acids is 1. The van der Waals surface area contributed by atoms with Gasteiger partial charge in [0.2, 0.25) is 0 Å². The van der Waals surface area contributed by atoms with Crippen molar-refractivity contribution < 1.29 is 9.90 Å². The maximum atomic E-state index is 11.3. The van der Waals surface area contributed by atoms with Crippen molar-refractivity contribution >= 4 is 17.3 Å². The average Bonchev–Trinajstić information content (AvgIpc) is 2.75. The lowest BCUT2D eigenvalue weighted by Gasteiger charge is -2.33. The van der Waals surface area contributed by atoms with E-state index in [2.05, 4.69) is 26.0 Å². The van der Waals surface area contributed by atoms with E-state index in [0.29, 0.717) is 5.92 Å². The van der Waals surface area contributed by atoms with Crippen LogP contribution in [0.3, 0.4) is 0 Å². The number of carboxylic acid groups (broad SMARTS) is 1. The zero-order chi connectivity index (χ0) is 12.4. The quantitative estimate of drug-likeness (QED) is 0.881. The number of hydrogen-bond acceptors (Lipinski definition) is 2. The van der Waals surface area contributed by atoms with Crippen molar-refractivity contribution in [3.8, 4) is 0 Å². The molecule has 1 aliphatic carbocycles. The molecule has 0 saturated heterocycles. The number of aryl methyl sites for hydroxylation is 1. The lowest BCUT2D eigenvalue weighted by molar-refractivity contribution is -0.143. The van der Waals surface area contributed by atoms with Crippen molar-refractivity contribution in [2.75, 3.05) is 0 Å². The van der Waals surface area contributed by atoms with Crippen LogP contribution in [-0.4, -0.2) is 11.1 Å². The molecule has 1 saturated carbocycles. The first-order chi connectivity index (χ1) is 8.11. The van der Waals surface area contributed by atoms with Gasteiger partial charge in [-0.05, 0) is 44.2 Å².